The van der Waals surface area contributed by atoms with Gasteiger partial charge in [-0.25, -0.2) is 0 Å². The largest absolute Gasteiger partial charge is 0.440 e. The van der Waals surface area contributed by atoms with Gasteiger partial charge in [-0.3, -0.25) is 0 Å². The van der Waals surface area contributed by atoms with Gasteiger partial charge in [0.25, 0.3) is 6.49 Å². The Labute approximate surface area is 176 Å². The lowest BCUT2D eigenvalue weighted by molar-refractivity contribution is 0.490. The fraction of sp³-hybridized carbons (Fsp3) is 0.500. The third-order valence-electron chi connectivity index (χ3n) is 5.13. The summed E-state index contributed by atoms with van der Waals surface area (Å²) in [5.74, 6) is 0.776. The molecule has 4 heteroatoms. The van der Waals surface area contributed by atoms with E-state index in [0.717, 1.165) is 68.0 Å². The van der Waals surface area contributed by atoms with Crippen molar-refractivity contribution in [1.82, 2.24) is 0 Å². The first-order valence-electron chi connectivity index (χ1n) is 10.7. The molecular formula is C24H35O2PS. The van der Waals surface area contributed by atoms with E-state index in [0.29, 0.717) is 0 Å². The van der Waals surface area contributed by atoms with Gasteiger partial charge in [0, 0.05) is 0 Å². The maximum Gasteiger partial charge on any atom is 0.266 e. The van der Waals surface area contributed by atoms with Crippen molar-refractivity contribution >= 4 is 23.6 Å². The molecule has 1 N–H and O–H groups in total. The highest BCUT2D eigenvalue weighted by Crippen LogP contribution is 2.45. The summed E-state index contributed by atoms with van der Waals surface area (Å²) >= 11 is 5.68. The van der Waals surface area contributed by atoms with E-state index in [1.165, 1.54) is 17.5 Å². The van der Waals surface area contributed by atoms with E-state index in [-0.39, 0.29) is 0 Å². The van der Waals surface area contributed by atoms with Crippen LogP contribution in [0.4, 0.5) is 0 Å². The second-order valence-electron chi connectivity index (χ2n) is 7.44. The molecule has 0 radical (unpaired) electrons. The van der Waals surface area contributed by atoms with Crippen LogP contribution in [0.5, 0.6) is 5.75 Å². The average Bonchev–Trinajstić information content (AvgIpc) is 2.70. The van der Waals surface area contributed by atoms with Gasteiger partial charge < -0.3 is 9.42 Å². The van der Waals surface area contributed by atoms with Crippen LogP contribution < -0.4 is 9.83 Å². The molecule has 1 unspecified atom stereocenters. The summed E-state index contributed by atoms with van der Waals surface area (Å²) in [4.78, 5) is 11.2. The SMILES string of the molecule is CCCCc1ccccc1P(O)(=S)Oc1cccc(CCCC)c1CCCC. The molecule has 0 aliphatic carbocycles. The van der Waals surface area contributed by atoms with Crippen molar-refractivity contribution in [2.24, 2.45) is 0 Å². The Bertz CT molecular complexity index is 788. The van der Waals surface area contributed by atoms with Gasteiger partial charge in [-0.15, -0.1) is 0 Å². The molecule has 0 heterocycles. The van der Waals surface area contributed by atoms with Gasteiger partial charge in [0.15, 0.2) is 0 Å². The summed E-state index contributed by atoms with van der Waals surface area (Å²) in [5.41, 5.74) is 3.68. The molecule has 0 amide bonds. The van der Waals surface area contributed by atoms with E-state index < -0.39 is 6.49 Å². The summed E-state index contributed by atoms with van der Waals surface area (Å²) in [6.45, 7) is 3.48. The zero-order chi connectivity index (χ0) is 20.4. The van der Waals surface area contributed by atoms with E-state index in [1.54, 1.807) is 0 Å². The molecule has 2 rings (SSSR count). The summed E-state index contributed by atoms with van der Waals surface area (Å²) < 4.78 is 6.24. The fourth-order valence-electron chi connectivity index (χ4n) is 3.48. The highest BCUT2D eigenvalue weighted by molar-refractivity contribution is 8.13. The van der Waals surface area contributed by atoms with Crippen LogP contribution >= 0.6 is 6.49 Å². The molecule has 0 aliphatic heterocycles. The quantitative estimate of drug-likeness (QED) is 0.388. The molecule has 0 bridgehead atoms. The Hall–Kier alpha value is -1.15. The lowest BCUT2D eigenvalue weighted by atomic mass is 9.97. The van der Waals surface area contributed by atoms with Crippen LogP contribution in [-0.4, -0.2) is 4.89 Å². The molecule has 0 aliphatic rings. The van der Waals surface area contributed by atoms with Crippen LogP contribution in [0.1, 0.15) is 76.0 Å². The van der Waals surface area contributed by atoms with Gasteiger partial charge in [0.2, 0.25) is 0 Å². The summed E-state index contributed by atoms with van der Waals surface area (Å²) in [6.07, 6.45) is 9.72. The first kappa shape index (κ1) is 23.1. The molecule has 154 valence electrons. The molecule has 2 aromatic carbocycles. The Morgan fingerprint density at radius 3 is 2.04 bits per heavy atom. The zero-order valence-corrected chi connectivity index (χ0v) is 19.3. The number of aryl methyl sites for hydroxylation is 2. The summed E-state index contributed by atoms with van der Waals surface area (Å²) in [7, 11) is 0. The Morgan fingerprint density at radius 1 is 0.786 bits per heavy atom. The normalized spacial score (nSPS) is 13.3. The van der Waals surface area contributed by atoms with E-state index in [9.17, 15) is 4.89 Å². The minimum atomic E-state index is -3.12. The summed E-state index contributed by atoms with van der Waals surface area (Å²) in [6, 6.07) is 14.2. The molecule has 2 aromatic rings. The van der Waals surface area contributed by atoms with Crippen molar-refractivity contribution in [1.29, 1.82) is 0 Å². The van der Waals surface area contributed by atoms with Crippen LogP contribution in [0, 0.1) is 0 Å². The highest BCUT2D eigenvalue weighted by atomic mass is 32.5. The Morgan fingerprint density at radius 2 is 1.36 bits per heavy atom. The minimum absolute atomic E-state index is 0.776. The van der Waals surface area contributed by atoms with Crippen LogP contribution in [0.3, 0.4) is 0 Å². The topological polar surface area (TPSA) is 29.5 Å². The van der Waals surface area contributed by atoms with Crippen molar-refractivity contribution in [3.63, 3.8) is 0 Å². The van der Waals surface area contributed by atoms with E-state index in [4.69, 9.17) is 16.3 Å². The number of hydrogen-bond acceptors (Lipinski definition) is 2. The van der Waals surface area contributed by atoms with Crippen molar-refractivity contribution in [2.45, 2.75) is 78.6 Å². The third-order valence-corrected chi connectivity index (χ3v) is 7.43. The smallest absolute Gasteiger partial charge is 0.266 e. The number of unbranched alkanes of at least 4 members (excludes halogenated alkanes) is 3. The molecule has 0 saturated carbocycles. The van der Waals surface area contributed by atoms with Gasteiger partial charge >= 0.3 is 0 Å². The van der Waals surface area contributed by atoms with Crippen molar-refractivity contribution in [2.75, 3.05) is 0 Å². The number of rotatable bonds is 12. The van der Waals surface area contributed by atoms with Crippen molar-refractivity contribution < 1.29 is 9.42 Å². The predicted molar refractivity (Wildman–Crippen MR) is 125 cm³/mol. The third kappa shape index (κ3) is 6.44. The summed E-state index contributed by atoms with van der Waals surface area (Å²) in [5, 5.41) is 0.804. The molecule has 0 aromatic heterocycles. The maximum atomic E-state index is 11.2. The molecule has 0 saturated heterocycles. The maximum absolute atomic E-state index is 11.2. The Kier molecular flexibility index (Phi) is 9.71. The standard InChI is InChI=1S/C24H35O2PS/c1-4-7-13-20-16-12-18-23(22(20)17-9-6-3)26-27(25,28)24-19-11-10-15-21(24)14-8-5-2/h10-12,15-16,18-19H,4-9,13-14,17H2,1-3H3,(H,25,28). The molecular weight excluding hydrogens is 383 g/mol. The van der Waals surface area contributed by atoms with E-state index in [2.05, 4.69) is 32.9 Å². The Balaban J connectivity index is 2.36. The minimum Gasteiger partial charge on any atom is -0.440 e. The van der Waals surface area contributed by atoms with Gasteiger partial charge in [-0.1, -0.05) is 70.4 Å². The number of benzene rings is 2. The monoisotopic (exact) mass is 418 g/mol. The van der Waals surface area contributed by atoms with Gasteiger partial charge in [-0.05, 0) is 79.2 Å². The van der Waals surface area contributed by atoms with E-state index in [1.807, 2.05) is 30.3 Å². The fourth-order valence-corrected chi connectivity index (χ4v) is 5.62. The van der Waals surface area contributed by atoms with Crippen LogP contribution in [0.15, 0.2) is 42.5 Å². The average molecular weight is 419 g/mol. The van der Waals surface area contributed by atoms with Crippen molar-refractivity contribution in [3.8, 4) is 5.75 Å². The van der Waals surface area contributed by atoms with Crippen molar-refractivity contribution in [3.05, 3.63) is 59.2 Å². The molecule has 2 nitrogen and oxygen atoms in total. The van der Waals surface area contributed by atoms with Gasteiger partial charge in [-0.2, -0.15) is 0 Å². The lowest BCUT2D eigenvalue weighted by Crippen LogP contribution is -2.15. The first-order valence-corrected chi connectivity index (χ1v) is 13.4. The number of hydrogen-bond donors (Lipinski definition) is 1. The predicted octanol–water partition coefficient (Wildman–Crippen LogP) is 6.72. The second-order valence-corrected chi connectivity index (χ2v) is 10.6. The molecule has 28 heavy (non-hydrogen) atoms. The van der Waals surface area contributed by atoms with Gasteiger partial charge in [0.1, 0.15) is 5.75 Å². The first-order chi connectivity index (χ1) is 13.5. The lowest BCUT2D eigenvalue weighted by Gasteiger charge is -2.23. The van der Waals surface area contributed by atoms with Crippen LogP contribution in [0.2, 0.25) is 0 Å². The second kappa shape index (κ2) is 11.8. The van der Waals surface area contributed by atoms with Gasteiger partial charge in [0.05, 0.1) is 5.30 Å². The molecule has 0 spiro atoms. The van der Waals surface area contributed by atoms with E-state index >= 15 is 0 Å². The van der Waals surface area contributed by atoms with Crippen LogP contribution in [0.25, 0.3) is 0 Å². The molecule has 1 atom stereocenters. The highest BCUT2D eigenvalue weighted by Gasteiger charge is 2.24. The molecule has 0 fully saturated rings. The van der Waals surface area contributed by atoms with Crippen LogP contribution in [-0.2, 0) is 31.1 Å². The zero-order valence-electron chi connectivity index (χ0n) is 17.6.